The van der Waals surface area contributed by atoms with Gasteiger partial charge in [0.25, 0.3) is 0 Å². The van der Waals surface area contributed by atoms with Crippen molar-refractivity contribution < 1.29 is 19.1 Å². The Kier molecular flexibility index (Phi) is 7.81. The van der Waals surface area contributed by atoms with Crippen LogP contribution < -0.4 is 5.32 Å². The number of ketones is 1. The SMILES string of the molecule is CC(C(=O)O)N1CCC(F)(C(=O)CCCCCCc2ccc3c(n2)NCCC3)CC1. The van der Waals surface area contributed by atoms with Crippen LogP contribution in [0.5, 0.6) is 0 Å². The maximum Gasteiger partial charge on any atom is 0.320 e. The van der Waals surface area contributed by atoms with Gasteiger partial charge in [-0.15, -0.1) is 0 Å². The number of anilines is 1. The second kappa shape index (κ2) is 10.3. The van der Waals surface area contributed by atoms with Crippen molar-refractivity contribution in [2.75, 3.05) is 25.0 Å². The minimum atomic E-state index is -1.78. The van der Waals surface area contributed by atoms with Crippen LogP contribution in [0.15, 0.2) is 12.1 Å². The maximum absolute atomic E-state index is 15.0. The average molecular weight is 420 g/mol. The van der Waals surface area contributed by atoms with Crippen molar-refractivity contribution in [1.29, 1.82) is 0 Å². The second-order valence-electron chi connectivity index (χ2n) is 8.69. The van der Waals surface area contributed by atoms with Gasteiger partial charge in [-0.1, -0.05) is 18.9 Å². The van der Waals surface area contributed by atoms with Crippen molar-refractivity contribution in [3.05, 3.63) is 23.4 Å². The van der Waals surface area contributed by atoms with Crippen LogP contribution in [0.4, 0.5) is 10.2 Å². The number of carboxylic acid groups (broad SMARTS) is 1. The minimum absolute atomic E-state index is 0.0987. The molecule has 1 saturated heterocycles. The standard InChI is InChI=1S/C23H34FN3O3/c1-17(22(29)30)27-15-12-23(24,13-16-27)20(28)9-5-3-2-4-8-19-11-10-18-7-6-14-25-21(18)26-19/h10-11,17H,2-9,12-16H2,1H3,(H,25,26)(H,29,30). The third kappa shape index (κ3) is 5.78. The number of fused-ring (bicyclic) bond motifs is 1. The molecule has 166 valence electrons. The number of aromatic nitrogens is 1. The lowest BCUT2D eigenvalue weighted by Gasteiger charge is -2.37. The monoisotopic (exact) mass is 419 g/mol. The van der Waals surface area contributed by atoms with E-state index in [0.29, 0.717) is 19.5 Å². The summed E-state index contributed by atoms with van der Waals surface area (Å²) in [6, 6.07) is 3.65. The molecule has 1 atom stereocenters. The molecule has 1 fully saturated rings. The summed E-state index contributed by atoms with van der Waals surface area (Å²) in [6.07, 6.45) is 7.28. The highest BCUT2D eigenvalue weighted by Crippen LogP contribution is 2.30. The number of carbonyl (C=O) groups is 2. The van der Waals surface area contributed by atoms with Gasteiger partial charge in [-0.3, -0.25) is 14.5 Å². The fourth-order valence-corrected chi connectivity index (χ4v) is 4.38. The Bertz CT molecular complexity index is 747. The summed E-state index contributed by atoms with van der Waals surface area (Å²) in [5.41, 5.74) is 0.616. The summed E-state index contributed by atoms with van der Waals surface area (Å²) in [5, 5.41) is 12.4. The number of hydrogen-bond donors (Lipinski definition) is 2. The number of aliphatic carboxylic acids is 1. The minimum Gasteiger partial charge on any atom is -0.480 e. The molecule has 2 aliphatic heterocycles. The molecule has 0 spiro atoms. The number of Topliss-reactive ketones (excluding diaryl/α,β-unsaturated/α-hetero) is 1. The lowest BCUT2D eigenvalue weighted by Crippen LogP contribution is -2.50. The first-order valence-corrected chi connectivity index (χ1v) is 11.3. The summed E-state index contributed by atoms with van der Waals surface area (Å²) in [5.74, 6) is -0.191. The second-order valence-corrected chi connectivity index (χ2v) is 8.69. The van der Waals surface area contributed by atoms with Crippen LogP contribution in [0, 0.1) is 0 Å². The number of nitrogens with zero attached hydrogens (tertiary/aromatic N) is 2. The van der Waals surface area contributed by atoms with Crippen LogP contribution in [0.3, 0.4) is 0 Å². The lowest BCUT2D eigenvalue weighted by atomic mass is 9.86. The molecule has 1 aromatic heterocycles. The zero-order valence-electron chi connectivity index (χ0n) is 18.0. The smallest absolute Gasteiger partial charge is 0.320 e. The Morgan fingerprint density at radius 3 is 2.70 bits per heavy atom. The van der Waals surface area contributed by atoms with E-state index in [0.717, 1.165) is 56.6 Å². The summed E-state index contributed by atoms with van der Waals surface area (Å²) >= 11 is 0. The third-order valence-electron chi connectivity index (χ3n) is 6.53. The van der Waals surface area contributed by atoms with Crippen LogP contribution in [-0.2, 0) is 22.4 Å². The van der Waals surface area contributed by atoms with E-state index >= 15 is 4.39 Å². The number of alkyl halides is 1. The molecule has 1 unspecified atom stereocenters. The van der Waals surface area contributed by atoms with E-state index < -0.39 is 17.7 Å². The first-order valence-electron chi connectivity index (χ1n) is 11.3. The van der Waals surface area contributed by atoms with Gasteiger partial charge in [-0.2, -0.15) is 0 Å². The molecule has 2 aliphatic rings. The van der Waals surface area contributed by atoms with Gasteiger partial charge < -0.3 is 10.4 Å². The third-order valence-corrected chi connectivity index (χ3v) is 6.53. The highest BCUT2D eigenvalue weighted by atomic mass is 19.1. The largest absolute Gasteiger partial charge is 0.480 e. The Hall–Kier alpha value is -2.02. The molecule has 0 bridgehead atoms. The Balaban J connectivity index is 1.32. The number of halogens is 1. The molecule has 2 N–H and O–H groups in total. The fourth-order valence-electron chi connectivity index (χ4n) is 4.38. The summed E-state index contributed by atoms with van der Waals surface area (Å²) in [7, 11) is 0. The van der Waals surface area contributed by atoms with Crippen LogP contribution in [0.25, 0.3) is 0 Å². The Morgan fingerprint density at radius 2 is 1.97 bits per heavy atom. The number of likely N-dealkylation sites (tertiary alicyclic amines) is 1. The van der Waals surface area contributed by atoms with E-state index in [1.165, 1.54) is 5.56 Å². The van der Waals surface area contributed by atoms with Gasteiger partial charge in [-0.05, 0) is 50.7 Å². The topological polar surface area (TPSA) is 82.5 Å². The van der Waals surface area contributed by atoms with E-state index in [1.807, 2.05) is 0 Å². The summed E-state index contributed by atoms with van der Waals surface area (Å²) < 4.78 is 15.0. The molecule has 0 aliphatic carbocycles. The van der Waals surface area contributed by atoms with Crippen molar-refractivity contribution in [2.45, 2.75) is 82.8 Å². The highest BCUT2D eigenvalue weighted by molar-refractivity contribution is 5.87. The molecule has 30 heavy (non-hydrogen) atoms. The van der Waals surface area contributed by atoms with Crippen molar-refractivity contribution in [3.63, 3.8) is 0 Å². The molecule has 0 radical (unpaired) electrons. The van der Waals surface area contributed by atoms with Gasteiger partial charge in [0.1, 0.15) is 11.9 Å². The fraction of sp³-hybridized carbons (Fsp3) is 0.696. The van der Waals surface area contributed by atoms with Crippen LogP contribution in [0.2, 0.25) is 0 Å². The summed E-state index contributed by atoms with van der Waals surface area (Å²) in [6.45, 7) is 3.23. The quantitative estimate of drug-likeness (QED) is 0.562. The lowest BCUT2D eigenvalue weighted by molar-refractivity contribution is -0.144. The molecule has 7 heteroatoms. The van der Waals surface area contributed by atoms with Crippen molar-refractivity contribution >= 4 is 17.6 Å². The maximum atomic E-state index is 15.0. The Labute approximate surface area is 178 Å². The molecule has 6 nitrogen and oxygen atoms in total. The molecule has 0 saturated carbocycles. The number of hydrogen-bond acceptors (Lipinski definition) is 5. The zero-order valence-corrected chi connectivity index (χ0v) is 18.0. The van der Waals surface area contributed by atoms with Gasteiger partial charge in [0.15, 0.2) is 11.5 Å². The number of carbonyl (C=O) groups excluding carboxylic acids is 1. The molecular weight excluding hydrogens is 385 g/mol. The molecule has 1 aromatic rings. The number of aryl methyl sites for hydroxylation is 2. The number of carboxylic acids is 1. The highest BCUT2D eigenvalue weighted by Gasteiger charge is 2.42. The molecule has 0 amide bonds. The van der Waals surface area contributed by atoms with Gasteiger partial charge in [0.2, 0.25) is 0 Å². The zero-order chi connectivity index (χ0) is 21.6. The number of nitrogens with one attached hydrogen (secondary N) is 1. The van der Waals surface area contributed by atoms with Gasteiger partial charge >= 0.3 is 5.97 Å². The Morgan fingerprint density at radius 1 is 1.23 bits per heavy atom. The van der Waals surface area contributed by atoms with Crippen LogP contribution in [0.1, 0.15) is 69.5 Å². The predicted octanol–water partition coefficient (Wildman–Crippen LogP) is 3.78. The van der Waals surface area contributed by atoms with Gasteiger partial charge in [0, 0.05) is 44.6 Å². The first kappa shape index (κ1) is 22.7. The normalized spacial score (nSPS) is 19.5. The van der Waals surface area contributed by atoms with Crippen molar-refractivity contribution in [1.82, 2.24) is 9.88 Å². The average Bonchev–Trinajstić information content (AvgIpc) is 2.75. The summed E-state index contributed by atoms with van der Waals surface area (Å²) in [4.78, 5) is 29.9. The number of piperidine rings is 1. The predicted molar refractivity (Wildman–Crippen MR) is 115 cm³/mol. The molecule has 0 aromatic carbocycles. The van der Waals surface area contributed by atoms with Crippen molar-refractivity contribution in [3.8, 4) is 0 Å². The van der Waals surface area contributed by atoms with E-state index in [1.54, 1.807) is 11.8 Å². The molecule has 3 heterocycles. The van der Waals surface area contributed by atoms with Gasteiger partial charge in [-0.25, -0.2) is 9.37 Å². The van der Waals surface area contributed by atoms with Crippen LogP contribution >= 0.6 is 0 Å². The number of unbranched alkanes of at least 4 members (excludes halogenated alkanes) is 3. The van der Waals surface area contributed by atoms with Gasteiger partial charge in [0.05, 0.1) is 0 Å². The van der Waals surface area contributed by atoms with E-state index in [4.69, 9.17) is 10.1 Å². The first-order chi connectivity index (χ1) is 14.4. The van der Waals surface area contributed by atoms with Crippen LogP contribution in [-0.4, -0.2) is 58.1 Å². The van der Waals surface area contributed by atoms with E-state index in [-0.39, 0.29) is 25.0 Å². The molecule has 3 rings (SSSR count). The molecular formula is C23H34FN3O3. The number of pyridine rings is 1. The number of rotatable bonds is 10. The van der Waals surface area contributed by atoms with E-state index in [2.05, 4.69) is 17.4 Å². The van der Waals surface area contributed by atoms with Crippen molar-refractivity contribution in [2.24, 2.45) is 0 Å². The van der Waals surface area contributed by atoms with E-state index in [9.17, 15) is 9.59 Å².